The number of aromatic nitrogens is 6. The van der Waals surface area contributed by atoms with E-state index in [0.717, 1.165) is 5.56 Å². The van der Waals surface area contributed by atoms with Gasteiger partial charge in [-0.15, -0.1) is 10.2 Å². The highest BCUT2D eigenvalue weighted by Gasteiger charge is 2.40. The fourth-order valence-electron chi connectivity index (χ4n) is 7.91. The summed E-state index contributed by atoms with van der Waals surface area (Å²) in [5.74, 6) is 1.68. The van der Waals surface area contributed by atoms with Gasteiger partial charge in [0.25, 0.3) is 0 Å². The third-order valence-electron chi connectivity index (χ3n) is 11.2. The van der Waals surface area contributed by atoms with Gasteiger partial charge in [0.2, 0.25) is 25.9 Å². The molecule has 1 atom stereocenters. The molecule has 0 radical (unpaired) electrons. The molecule has 356 valence electrons. The van der Waals surface area contributed by atoms with E-state index in [1.54, 1.807) is 107 Å². The monoisotopic (exact) mass is 964 g/mol. The number of ether oxygens (including phenoxy) is 4. The smallest absolute Gasteiger partial charge is 0.410 e. The Kier molecular flexibility index (Phi) is 13.4. The van der Waals surface area contributed by atoms with Gasteiger partial charge in [-0.05, 0) is 103 Å². The van der Waals surface area contributed by atoms with Crippen molar-refractivity contribution in [3.63, 3.8) is 0 Å². The topological polar surface area (TPSA) is 239 Å². The molecule has 1 saturated heterocycles. The zero-order valence-electron chi connectivity index (χ0n) is 38.3. The Balaban J connectivity index is 1.35. The van der Waals surface area contributed by atoms with E-state index in [-0.39, 0.29) is 62.0 Å². The molecule has 68 heavy (non-hydrogen) atoms. The SMILES string of the molecule is COc1ccc(CN(Cc2ccc(OC)cc2)S(=O)(=O)c2c(S(=O)(=O)NC3CCN(C(=O)OC(C)(C)C)C3)ccc(-c3cccc4[nH]c(N)nc34)c2-c2nnn(Cc3ccc(OC)cc3)n2)cc1. The fourth-order valence-corrected chi connectivity index (χ4v) is 11.6. The maximum Gasteiger partial charge on any atom is 0.410 e. The van der Waals surface area contributed by atoms with E-state index in [1.807, 2.05) is 12.1 Å². The van der Waals surface area contributed by atoms with Crippen LogP contribution in [0.2, 0.25) is 0 Å². The van der Waals surface area contributed by atoms with Crippen molar-refractivity contribution < 1.29 is 40.6 Å². The lowest BCUT2D eigenvalue weighted by Gasteiger charge is -2.27. The van der Waals surface area contributed by atoms with Crippen molar-refractivity contribution in [2.75, 3.05) is 40.2 Å². The number of tetrazole rings is 1. The Labute approximate surface area is 394 Å². The first kappa shape index (κ1) is 47.4. The third kappa shape index (κ3) is 10.4. The number of fused-ring (bicyclic) bond motifs is 1. The molecular weight excluding hydrogens is 913 g/mol. The van der Waals surface area contributed by atoms with Crippen LogP contribution in [0.5, 0.6) is 17.2 Å². The van der Waals surface area contributed by atoms with Gasteiger partial charge in [0.1, 0.15) is 32.6 Å². The molecular formula is C47H52N10O9S2. The summed E-state index contributed by atoms with van der Waals surface area (Å²) in [5, 5.41) is 13.5. The lowest BCUT2D eigenvalue weighted by Crippen LogP contribution is -2.41. The molecule has 19 nitrogen and oxygen atoms in total. The first-order valence-corrected chi connectivity index (χ1v) is 24.5. The van der Waals surface area contributed by atoms with Crippen LogP contribution >= 0.6 is 0 Å². The molecule has 1 aliphatic rings. The Hall–Kier alpha value is -7.07. The third-order valence-corrected chi connectivity index (χ3v) is 14.8. The highest BCUT2D eigenvalue weighted by Crippen LogP contribution is 2.43. The molecule has 0 bridgehead atoms. The number of carbonyl (C=O) groups is 1. The van der Waals surface area contributed by atoms with Crippen molar-refractivity contribution in [1.82, 2.24) is 44.1 Å². The van der Waals surface area contributed by atoms with Crippen molar-refractivity contribution in [2.45, 2.75) is 68.3 Å². The van der Waals surface area contributed by atoms with E-state index < -0.39 is 47.6 Å². The van der Waals surface area contributed by atoms with E-state index in [0.29, 0.717) is 45.0 Å². The highest BCUT2D eigenvalue weighted by atomic mass is 32.2. The van der Waals surface area contributed by atoms with Crippen LogP contribution in [-0.4, -0.2) is 108 Å². The van der Waals surface area contributed by atoms with Crippen LogP contribution in [0.25, 0.3) is 33.5 Å². The number of para-hydroxylation sites is 1. The average molecular weight is 965 g/mol. The van der Waals surface area contributed by atoms with Gasteiger partial charge >= 0.3 is 6.09 Å². The van der Waals surface area contributed by atoms with Gasteiger partial charge in [-0.1, -0.05) is 54.6 Å². The van der Waals surface area contributed by atoms with Gasteiger partial charge in [0.15, 0.2) is 5.95 Å². The number of imidazole rings is 1. The van der Waals surface area contributed by atoms with Gasteiger partial charge in [-0.2, -0.15) is 9.10 Å². The average Bonchev–Trinajstić information content (AvgIpc) is 4.08. The number of anilines is 1. The number of hydrogen-bond acceptors (Lipinski definition) is 14. The zero-order valence-corrected chi connectivity index (χ0v) is 40.0. The quantitative estimate of drug-likeness (QED) is 0.0975. The number of rotatable bonds is 16. The first-order valence-electron chi connectivity index (χ1n) is 21.5. The summed E-state index contributed by atoms with van der Waals surface area (Å²) in [6.45, 7) is 5.12. The summed E-state index contributed by atoms with van der Waals surface area (Å²) in [7, 11) is -5.09. The van der Waals surface area contributed by atoms with E-state index in [2.05, 4.69) is 25.0 Å². The number of hydrogen-bond donors (Lipinski definition) is 3. The molecule has 4 N–H and O–H groups in total. The van der Waals surface area contributed by atoms with E-state index in [1.165, 1.54) is 40.4 Å². The second-order valence-electron chi connectivity index (χ2n) is 17.1. The largest absolute Gasteiger partial charge is 0.497 e. The summed E-state index contributed by atoms with van der Waals surface area (Å²) in [6, 6.07) is 28.2. The normalized spacial score (nSPS) is 14.4. The molecule has 1 fully saturated rings. The van der Waals surface area contributed by atoms with Crippen molar-refractivity contribution in [1.29, 1.82) is 0 Å². The summed E-state index contributed by atoms with van der Waals surface area (Å²) in [6.07, 6.45) is -0.366. The van der Waals surface area contributed by atoms with Gasteiger partial charge in [0, 0.05) is 37.8 Å². The van der Waals surface area contributed by atoms with Crippen LogP contribution in [0.4, 0.5) is 10.7 Å². The van der Waals surface area contributed by atoms with Crippen LogP contribution < -0.4 is 24.7 Å². The number of nitrogen functional groups attached to an aromatic ring is 1. The maximum absolute atomic E-state index is 16.1. The second kappa shape index (κ2) is 19.3. The highest BCUT2D eigenvalue weighted by molar-refractivity contribution is 7.92. The number of aromatic amines is 1. The number of likely N-dealkylation sites (tertiary alicyclic amines) is 1. The summed E-state index contributed by atoms with van der Waals surface area (Å²) in [4.78, 5) is 22.2. The summed E-state index contributed by atoms with van der Waals surface area (Å²) < 4.78 is 88.1. The second-order valence-corrected chi connectivity index (χ2v) is 20.7. The molecule has 7 aromatic rings. The number of H-pyrrole nitrogens is 1. The molecule has 1 aliphatic heterocycles. The number of benzene rings is 5. The number of nitrogens with zero attached hydrogens (tertiary/aromatic N) is 7. The molecule has 1 amide bonds. The van der Waals surface area contributed by atoms with Gasteiger partial charge in [-0.25, -0.2) is 31.3 Å². The van der Waals surface area contributed by atoms with Crippen molar-refractivity contribution in [2.24, 2.45) is 0 Å². The lowest BCUT2D eigenvalue weighted by molar-refractivity contribution is 0.0291. The van der Waals surface area contributed by atoms with Crippen LogP contribution in [0.1, 0.15) is 43.9 Å². The summed E-state index contributed by atoms with van der Waals surface area (Å²) in [5.41, 5.74) is 8.74. The molecule has 0 spiro atoms. The number of carbonyl (C=O) groups excluding carboxylic acids is 1. The van der Waals surface area contributed by atoms with Gasteiger partial charge < -0.3 is 34.6 Å². The van der Waals surface area contributed by atoms with Crippen LogP contribution in [0.15, 0.2) is 113 Å². The molecule has 0 saturated carbocycles. The Morgan fingerprint density at radius 3 is 1.97 bits per heavy atom. The Bertz CT molecular complexity index is 3110. The standard InChI is InChI=1S/C47H52N10O9S2/c1-47(2,3)66-46(58)55-25-24-33(29-55)53-67(59,60)40-23-22-37(38-8-7-9-39-42(38)50-45(48)49-39)41(44-51-54-57(52-44)28-32-14-20-36(65-6)21-15-32)43(40)68(61,62)56(26-30-10-16-34(63-4)17-11-30)27-31-12-18-35(64-5)19-13-31/h7-23,33,53H,24-29H2,1-6H3,(H3,48,49,50). The molecule has 2 aromatic heterocycles. The van der Waals surface area contributed by atoms with E-state index >= 15 is 16.8 Å². The lowest BCUT2D eigenvalue weighted by atomic mass is 9.98. The first-order chi connectivity index (χ1) is 32.4. The predicted octanol–water partition coefficient (Wildman–Crippen LogP) is 6.22. The fraction of sp³-hybridized carbons (Fsp3) is 0.298. The van der Waals surface area contributed by atoms with E-state index in [9.17, 15) is 4.79 Å². The van der Waals surface area contributed by atoms with Crippen molar-refractivity contribution in [3.05, 3.63) is 120 Å². The minimum atomic E-state index is -4.95. The van der Waals surface area contributed by atoms with Crippen molar-refractivity contribution in [3.8, 4) is 39.8 Å². The molecule has 8 rings (SSSR count). The number of amides is 1. The molecule has 0 aliphatic carbocycles. The van der Waals surface area contributed by atoms with E-state index in [4.69, 9.17) is 29.8 Å². The maximum atomic E-state index is 16.1. The number of sulfonamides is 2. The van der Waals surface area contributed by atoms with Crippen LogP contribution in [-0.2, 0) is 44.4 Å². The Morgan fingerprint density at radius 1 is 0.809 bits per heavy atom. The predicted molar refractivity (Wildman–Crippen MR) is 254 cm³/mol. The van der Waals surface area contributed by atoms with Crippen LogP contribution in [0.3, 0.4) is 0 Å². The van der Waals surface area contributed by atoms with Crippen LogP contribution in [0, 0.1) is 0 Å². The summed E-state index contributed by atoms with van der Waals surface area (Å²) >= 11 is 0. The Morgan fingerprint density at radius 2 is 1.40 bits per heavy atom. The molecule has 21 heteroatoms. The minimum absolute atomic E-state index is 0.0218. The van der Waals surface area contributed by atoms with Gasteiger partial charge in [-0.3, -0.25) is 0 Å². The zero-order chi connectivity index (χ0) is 48.4. The van der Waals surface area contributed by atoms with Gasteiger partial charge in [0.05, 0.1) is 44.5 Å². The van der Waals surface area contributed by atoms with Crippen molar-refractivity contribution >= 4 is 43.1 Å². The number of nitrogens with one attached hydrogen (secondary N) is 2. The molecule has 1 unspecified atom stereocenters. The number of nitrogens with two attached hydrogens (primary N) is 1. The number of methoxy groups -OCH3 is 3. The molecule has 3 heterocycles. The minimum Gasteiger partial charge on any atom is -0.497 e. The molecule has 5 aromatic carbocycles.